The first-order valence-corrected chi connectivity index (χ1v) is 8.09. The number of nitrogens with zero attached hydrogens (tertiary/aromatic N) is 1. The normalized spacial score (nSPS) is 10.8. The molecule has 128 valence electrons. The summed E-state index contributed by atoms with van der Waals surface area (Å²) < 4.78 is 19.5. The molecule has 2 aromatic carbocycles. The lowest BCUT2D eigenvalue weighted by Gasteiger charge is -2.06. The van der Waals surface area contributed by atoms with Crippen LogP contribution in [0.4, 0.5) is 4.39 Å². The fourth-order valence-electron chi connectivity index (χ4n) is 2.97. The van der Waals surface area contributed by atoms with Crippen molar-refractivity contribution in [2.45, 2.75) is 0 Å². The molecule has 0 spiro atoms. The molecule has 0 aliphatic rings. The number of halogens is 1. The number of ketones is 1. The van der Waals surface area contributed by atoms with Crippen LogP contribution >= 0.6 is 0 Å². The Bertz CT molecular complexity index is 1100. The maximum Gasteiger partial charge on any atom is 0.198 e. The van der Waals surface area contributed by atoms with Crippen molar-refractivity contribution in [3.63, 3.8) is 0 Å². The number of carbonyl (C=O) groups excluding carboxylic acids is 1. The summed E-state index contributed by atoms with van der Waals surface area (Å²) in [7, 11) is 1.37. The molecule has 4 rings (SSSR count). The molecule has 0 bridgehead atoms. The number of aromatic amines is 1. The van der Waals surface area contributed by atoms with Gasteiger partial charge in [-0.1, -0.05) is 36.4 Å². The molecule has 2 heterocycles. The maximum atomic E-state index is 14.5. The third-order valence-corrected chi connectivity index (χ3v) is 4.31. The smallest absolute Gasteiger partial charge is 0.198 e. The largest absolute Gasteiger partial charge is 0.494 e. The SMILES string of the molecule is COc1cccc(C(=O)c2c[nH]c3ncc(-c4ccccc4)cc23)c1F. The minimum absolute atomic E-state index is 0.0321. The maximum absolute atomic E-state index is 14.5. The Labute approximate surface area is 149 Å². The van der Waals surface area contributed by atoms with E-state index in [-0.39, 0.29) is 11.3 Å². The summed E-state index contributed by atoms with van der Waals surface area (Å²) in [5, 5.41) is 0.651. The zero-order valence-corrected chi connectivity index (χ0v) is 14.0. The van der Waals surface area contributed by atoms with Crippen LogP contribution in [0.5, 0.6) is 5.75 Å². The molecule has 0 amide bonds. The molecule has 26 heavy (non-hydrogen) atoms. The van der Waals surface area contributed by atoms with Crippen LogP contribution in [-0.4, -0.2) is 22.9 Å². The predicted molar refractivity (Wildman–Crippen MR) is 97.9 cm³/mol. The number of nitrogens with one attached hydrogen (secondary N) is 1. The van der Waals surface area contributed by atoms with Gasteiger partial charge in [-0.15, -0.1) is 0 Å². The van der Waals surface area contributed by atoms with Gasteiger partial charge in [-0.3, -0.25) is 4.79 Å². The van der Waals surface area contributed by atoms with E-state index in [1.807, 2.05) is 36.4 Å². The quantitative estimate of drug-likeness (QED) is 0.549. The van der Waals surface area contributed by atoms with Crippen LogP contribution < -0.4 is 4.74 Å². The van der Waals surface area contributed by atoms with Crippen LogP contribution in [-0.2, 0) is 0 Å². The summed E-state index contributed by atoms with van der Waals surface area (Å²) in [6, 6.07) is 16.2. The number of aromatic nitrogens is 2. The van der Waals surface area contributed by atoms with Gasteiger partial charge in [-0.05, 0) is 23.8 Å². The van der Waals surface area contributed by atoms with Gasteiger partial charge in [-0.25, -0.2) is 9.37 Å². The average molecular weight is 346 g/mol. The molecule has 1 N–H and O–H groups in total. The highest BCUT2D eigenvalue weighted by Crippen LogP contribution is 2.28. The molecule has 4 aromatic rings. The van der Waals surface area contributed by atoms with E-state index in [0.29, 0.717) is 16.6 Å². The molecular weight excluding hydrogens is 331 g/mol. The van der Waals surface area contributed by atoms with Crippen LogP contribution in [0.2, 0.25) is 0 Å². The Morgan fingerprint density at radius 2 is 1.85 bits per heavy atom. The van der Waals surface area contributed by atoms with Gasteiger partial charge in [0.2, 0.25) is 0 Å². The average Bonchev–Trinajstić information content (AvgIpc) is 3.11. The molecule has 4 nitrogen and oxygen atoms in total. The van der Waals surface area contributed by atoms with Crippen molar-refractivity contribution in [3.05, 3.63) is 83.9 Å². The molecule has 0 aliphatic heterocycles. The first kappa shape index (κ1) is 16.0. The Kier molecular flexibility index (Phi) is 3.97. The third kappa shape index (κ3) is 2.63. The number of benzene rings is 2. The van der Waals surface area contributed by atoms with Gasteiger partial charge in [-0.2, -0.15) is 0 Å². The van der Waals surface area contributed by atoms with E-state index in [1.54, 1.807) is 18.5 Å². The van der Waals surface area contributed by atoms with Crippen molar-refractivity contribution in [2.24, 2.45) is 0 Å². The van der Waals surface area contributed by atoms with Gasteiger partial charge in [0.05, 0.1) is 12.7 Å². The third-order valence-electron chi connectivity index (χ3n) is 4.31. The van der Waals surface area contributed by atoms with Crippen LogP contribution in [0.25, 0.3) is 22.2 Å². The summed E-state index contributed by atoms with van der Waals surface area (Å²) in [5.41, 5.74) is 2.80. The molecule has 0 atom stereocenters. The van der Waals surface area contributed by atoms with E-state index < -0.39 is 11.6 Å². The Balaban J connectivity index is 1.83. The van der Waals surface area contributed by atoms with Crippen molar-refractivity contribution in [1.82, 2.24) is 9.97 Å². The second-order valence-electron chi connectivity index (χ2n) is 5.84. The number of hydrogen-bond donors (Lipinski definition) is 1. The fraction of sp³-hybridized carbons (Fsp3) is 0.0476. The van der Waals surface area contributed by atoms with Crippen LogP contribution in [0, 0.1) is 5.82 Å². The molecule has 0 saturated carbocycles. The highest BCUT2D eigenvalue weighted by molar-refractivity contribution is 6.16. The minimum atomic E-state index is -0.665. The number of methoxy groups -OCH3 is 1. The van der Waals surface area contributed by atoms with Gasteiger partial charge in [0.15, 0.2) is 17.3 Å². The standard InChI is InChI=1S/C21H15FN2O2/c1-26-18-9-5-8-15(19(18)22)20(25)17-12-24-21-16(17)10-14(11-23-21)13-6-3-2-4-7-13/h2-12H,1H3,(H,23,24). The minimum Gasteiger partial charge on any atom is -0.494 e. The van der Waals surface area contributed by atoms with Gasteiger partial charge >= 0.3 is 0 Å². The molecule has 2 aromatic heterocycles. The Hall–Kier alpha value is -3.47. The van der Waals surface area contributed by atoms with Crippen molar-refractivity contribution < 1.29 is 13.9 Å². The fourth-order valence-corrected chi connectivity index (χ4v) is 2.97. The van der Waals surface area contributed by atoms with Gasteiger partial charge in [0.25, 0.3) is 0 Å². The first-order chi connectivity index (χ1) is 12.7. The monoisotopic (exact) mass is 346 g/mol. The van der Waals surface area contributed by atoms with E-state index in [2.05, 4.69) is 9.97 Å². The topological polar surface area (TPSA) is 55.0 Å². The van der Waals surface area contributed by atoms with Crippen molar-refractivity contribution in [2.75, 3.05) is 7.11 Å². The summed E-state index contributed by atoms with van der Waals surface area (Å²) >= 11 is 0. The van der Waals surface area contributed by atoms with Crippen molar-refractivity contribution >= 4 is 16.8 Å². The lowest BCUT2D eigenvalue weighted by Crippen LogP contribution is -2.05. The van der Waals surface area contributed by atoms with Crippen molar-refractivity contribution in [3.8, 4) is 16.9 Å². The number of H-pyrrole nitrogens is 1. The first-order valence-electron chi connectivity index (χ1n) is 8.09. The Morgan fingerprint density at radius 1 is 1.04 bits per heavy atom. The molecule has 5 heteroatoms. The summed E-state index contributed by atoms with van der Waals surface area (Å²) in [4.78, 5) is 20.3. The number of pyridine rings is 1. The molecule has 0 radical (unpaired) electrons. The molecule has 0 saturated heterocycles. The van der Waals surface area contributed by atoms with Gasteiger partial charge in [0, 0.05) is 28.9 Å². The number of carbonyl (C=O) groups is 1. The Morgan fingerprint density at radius 3 is 2.62 bits per heavy atom. The van der Waals surface area contributed by atoms with Crippen LogP contribution in [0.1, 0.15) is 15.9 Å². The second kappa shape index (κ2) is 6.44. The zero-order valence-electron chi connectivity index (χ0n) is 14.0. The highest BCUT2D eigenvalue weighted by atomic mass is 19.1. The lowest BCUT2D eigenvalue weighted by atomic mass is 10.0. The van der Waals surface area contributed by atoms with Crippen molar-refractivity contribution in [1.29, 1.82) is 0 Å². The molecule has 0 unspecified atom stereocenters. The van der Waals surface area contributed by atoms with Gasteiger partial charge in [0.1, 0.15) is 5.65 Å². The molecule has 0 aliphatic carbocycles. The summed E-state index contributed by atoms with van der Waals surface area (Å²) in [6.07, 6.45) is 3.31. The second-order valence-corrected chi connectivity index (χ2v) is 5.84. The van der Waals surface area contributed by atoms with Gasteiger partial charge < -0.3 is 9.72 Å². The molecule has 0 fully saturated rings. The predicted octanol–water partition coefficient (Wildman–Crippen LogP) is 4.61. The molecular formula is C21H15FN2O2. The zero-order chi connectivity index (χ0) is 18.1. The van der Waals surface area contributed by atoms with E-state index in [4.69, 9.17) is 4.74 Å². The number of rotatable bonds is 4. The summed E-state index contributed by atoms with van der Waals surface area (Å²) in [5.74, 6) is -1.04. The summed E-state index contributed by atoms with van der Waals surface area (Å²) in [6.45, 7) is 0. The number of ether oxygens (including phenoxy) is 1. The highest BCUT2D eigenvalue weighted by Gasteiger charge is 2.20. The van der Waals surface area contributed by atoms with Crippen LogP contribution in [0.3, 0.4) is 0 Å². The lowest BCUT2D eigenvalue weighted by molar-refractivity contribution is 0.103. The van der Waals surface area contributed by atoms with E-state index in [9.17, 15) is 9.18 Å². The number of hydrogen-bond acceptors (Lipinski definition) is 3. The van der Waals surface area contributed by atoms with E-state index in [1.165, 1.54) is 19.2 Å². The van der Waals surface area contributed by atoms with E-state index in [0.717, 1.165) is 11.1 Å². The van der Waals surface area contributed by atoms with Crippen LogP contribution in [0.15, 0.2) is 67.0 Å². The van der Waals surface area contributed by atoms with E-state index >= 15 is 0 Å². The number of fused-ring (bicyclic) bond motifs is 1.